The Morgan fingerprint density at radius 1 is 0.613 bits per heavy atom. The van der Waals surface area contributed by atoms with Crippen molar-refractivity contribution in [3.05, 3.63) is 120 Å². The Kier molecular flexibility index (Phi) is 11.9. The standard InChI is InChI=1S/C42H38F4N12O4/c1-23-30(7-4-9-32(23)53-39-47-21-49-41(55-39)57-17-26(18-57)61-34-13-12-25(43)16-29(34)45)51-36(59)14-15-37(60)52-31-8-5-10-33(24(31)2)54-40-48-22-50-42(56-40)58-19-27(20-58)62-35-11-3-6-28(44)38(35)46/h3-13,16,21-22,26-27H,14-15,17-20H2,1-2H3,(H,51,59)(H,52,60)(H,47,49,53,55)(H,48,50,54,56). The van der Waals surface area contributed by atoms with Gasteiger partial charge in [-0.3, -0.25) is 9.59 Å². The number of benzene rings is 4. The van der Waals surface area contributed by atoms with Gasteiger partial charge in [-0.25, -0.2) is 33.1 Å². The average molecular weight is 851 g/mol. The summed E-state index contributed by atoms with van der Waals surface area (Å²) in [4.78, 5) is 55.5. The molecule has 0 bridgehead atoms. The number of rotatable bonds is 15. The molecule has 2 fully saturated rings. The number of hydrogen-bond donors (Lipinski definition) is 4. The van der Waals surface area contributed by atoms with E-state index in [1.165, 1.54) is 30.9 Å². The topological polar surface area (TPSA) is 185 Å². The molecule has 0 unspecified atom stereocenters. The molecule has 62 heavy (non-hydrogen) atoms. The van der Waals surface area contributed by atoms with Gasteiger partial charge in [0.2, 0.25) is 41.4 Å². The van der Waals surface area contributed by atoms with Crippen LogP contribution < -0.4 is 40.5 Å². The number of hydrogen-bond acceptors (Lipinski definition) is 14. The first-order chi connectivity index (χ1) is 29.9. The maximum Gasteiger partial charge on any atom is 0.232 e. The highest BCUT2D eigenvalue weighted by Crippen LogP contribution is 2.30. The van der Waals surface area contributed by atoms with E-state index in [-0.39, 0.29) is 60.3 Å². The minimum Gasteiger partial charge on any atom is -0.484 e. The number of carbonyl (C=O) groups excluding carboxylic acids is 2. The van der Waals surface area contributed by atoms with Gasteiger partial charge in [-0.05, 0) is 73.5 Å². The van der Waals surface area contributed by atoms with E-state index in [0.717, 1.165) is 18.2 Å². The number of aromatic nitrogens is 6. The van der Waals surface area contributed by atoms with Gasteiger partial charge in [0, 0.05) is 41.7 Å². The van der Waals surface area contributed by atoms with E-state index in [1.807, 2.05) is 23.6 Å². The molecule has 4 aromatic carbocycles. The second kappa shape index (κ2) is 17.9. The van der Waals surface area contributed by atoms with E-state index < -0.39 is 23.3 Å². The van der Waals surface area contributed by atoms with Gasteiger partial charge in [0.05, 0.1) is 26.2 Å². The molecule has 16 nitrogen and oxygen atoms in total. The molecule has 0 atom stereocenters. The Hall–Kier alpha value is -7.64. The number of halogens is 4. The van der Waals surface area contributed by atoms with Crippen LogP contribution in [0.3, 0.4) is 0 Å². The summed E-state index contributed by atoms with van der Waals surface area (Å²) in [6, 6.07) is 17.5. The molecule has 2 aliphatic heterocycles. The van der Waals surface area contributed by atoms with Crippen LogP contribution in [-0.2, 0) is 9.59 Å². The van der Waals surface area contributed by atoms with Crippen molar-refractivity contribution < 1.29 is 36.6 Å². The highest BCUT2D eigenvalue weighted by Gasteiger charge is 2.33. The molecule has 0 saturated carbocycles. The van der Waals surface area contributed by atoms with Crippen LogP contribution in [0.2, 0.25) is 0 Å². The van der Waals surface area contributed by atoms with Crippen LogP contribution in [0, 0.1) is 37.1 Å². The Labute approximate surface area is 351 Å². The second-order valence-corrected chi connectivity index (χ2v) is 14.4. The molecule has 0 radical (unpaired) electrons. The van der Waals surface area contributed by atoms with E-state index in [0.29, 0.717) is 72.0 Å². The zero-order valence-electron chi connectivity index (χ0n) is 33.2. The van der Waals surface area contributed by atoms with E-state index in [4.69, 9.17) is 9.47 Å². The summed E-state index contributed by atoms with van der Waals surface area (Å²) in [6.45, 7) is 5.12. The number of carbonyl (C=O) groups is 2. The molecule has 0 aliphatic carbocycles. The maximum atomic E-state index is 14.0. The number of ether oxygens (including phenoxy) is 2. The molecular weight excluding hydrogens is 813 g/mol. The lowest BCUT2D eigenvalue weighted by molar-refractivity contribution is -0.121. The lowest BCUT2D eigenvalue weighted by Gasteiger charge is -2.38. The number of nitrogens with one attached hydrogen (secondary N) is 4. The van der Waals surface area contributed by atoms with E-state index in [1.54, 1.807) is 36.4 Å². The first kappa shape index (κ1) is 41.1. The molecule has 2 aliphatic rings. The van der Waals surface area contributed by atoms with Crippen LogP contribution in [0.4, 0.5) is 64.1 Å². The molecule has 8 rings (SSSR count). The predicted octanol–water partition coefficient (Wildman–Crippen LogP) is 6.61. The molecule has 4 N–H and O–H groups in total. The zero-order valence-corrected chi connectivity index (χ0v) is 33.2. The van der Waals surface area contributed by atoms with Gasteiger partial charge in [0.1, 0.15) is 30.7 Å². The minimum atomic E-state index is -1.03. The lowest BCUT2D eigenvalue weighted by atomic mass is 10.1. The van der Waals surface area contributed by atoms with E-state index >= 15 is 0 Å². The third kappa shape index (κ3) is 9.53. The highest BCUT2D eigenvalue weighted by molar-refractivity contribution is 5.98. The second-order valence-electron chi connectivity index (χ2n) is 14.4. The van der Waals surface area contributed by atoms with Crippen molar-refractivity contribution in [3.63, 3.8) is 0 Å². The van der Waals surface area contributed by atoms with Gasteiger partial charge in [0.25, 0.3) is 0 Å². The molecule has 6 aromatic rings. The summed E-state index contributed by atoms with van der Waals surface area (Å²) in [7, 11) is 0. The Morgan fingerprint density at radius 2 is 1.10 bits per heavy atom. The normalized spacial score (nSPS) is 13.8. The van der Waals surface area contributed by atoms with Crippen molar-refractivity contribution in [2.45, 2.75) is 38.9 Å². The first-order valence-corrected chi connectivity index (χ1v) is 19.4. The van der Waals surface area contributed by atoms with Crippen LogP contribution in [0.1, 0.15) is 24.0 Å². The average Bonchev–Trinajstić information content (AvgIpc) is 3.22. The fraction of sp³-hybridized carbons (Fsp3) is 0.238. The van der Waals surface area contributed by atoms with Crippen LogP contribution in [0.25, 0.3) is 0 Å². The fourth-order valence-corrected chi connectivity index (χ4v) is 6.56. The Bertz CT molecular complexity index is 2630. The maximum absolute atomic E-state index is 14.0. The lowest BCUT2D eigenvalue weighted by Crippen LogP contribution is -2.54. The molecule has 2 aromatic heterocycles. The van der Waals surface area contributed by atoms with Gasteiger partial charge in [0.15, 0.2) is 23.1 Å². The van der Waals surface area contributed by atoms with Crippen molar-refractivity contribution in [2.24, 2.45) is 0 Å². The number of anilines is 8. The van der Waals surface area contributed by atoms with Crippen molar-refractivity contribution in [3.8, 4) is 11.5 Å². The number of nitrogens with zero attached hydrogens (tertiary/aromatic N) is 8. The monoisotopic (exact) mass is 850 g/mol. The molecular formula is C42H38F4N12O4. The van der Waals surface area contributed by atoms with Crippen molar-refractivity contribution >= 4 is 58.4 Å². The summed E-state index contributed by atoms with van der Waals surface area (Å²) in [5.74, 6) is -3.13. The highest BCUT2D eigenvalue weighted by atomic mass is 19.2. The third-order valence-electron chi connectivity index (χ3n) is 10.1. The van der Waals surface area contributed by atoms with Gasteiger partial charge in [-0.2, -0.15) is 14.4 Å². The summed E-state index contributed by atoms with van der Waals surface area (Å²) < 4.78 is 66.1. The van der Waals surface area contributed by atoms with Crippen LogP contribution >= 0.6 is 0 Å². The molecule has 2 saturated heterocycles. The Balaban J connectivity index is 0.799. The quantitative estimate of drug-likeness (QED) is 0.0810. The Morgan fingerprint density at radius 3 is 1.61 bits per heavy atom. The molecule has 0 spiro atoms. The van der Waals surface area contributed by atoms with Gasteiger partial charge >= 0.3 is 0 Å². The molecule has 2 amide bonds. The molecule has 4 heterocycles. The van der Waals surface area contributed by atoms with Gasteiger partial charge in [-0.15, -0.1) is 0 Å². The van der Waals surface area contributed by atoms with Gasteiger partial charge < -0.3 is 40.5 Å². The van der Waals surface area contributed by atoms with Crippen LogP contribution in [-0.4, -0.2) is 80.1 Å². The SMILES string of the molecule is Cc1c(NC(=O)CCC(=O)Nc2cccc(Nc3ncnc(N4CC(Oc5cccc(F)c5F)C4)n3)c2C)cccc1Nc1ncnc(N2CC(Oc3ccc(F)cc3F)C2)n1. The molecule has 20 heteroatoms. The van der Waals surface area contributed by atoms with Crippen molar-refractivity contribution in [1.29, 1.82) is 0 Å². The molecule has 318 valence electrons. The largest absolute Gasteiger partial charge is 0.484 e. The van der Waals surface area contributed by atoms with Crippen LogP contribution in [0.5, 0.6) is 11.5 Å². The summed E-state index contributed by atoms with van der Waals surface area (Å²) in [5.41, 5.74) is 3.72. The van der Waals surface area contributed by atoms with Crippen molar-refractivity contribution in [2.75, 3.05) is 57.2 Å². The van der Waals surface area contributed by atoms with E-state index in [9.17, 15) is 27.2 Å². The van der Waals surface area contributed by atoms with Crippen molar-refractivity contribution in [1.82, 2.24) is 29.9 Å². The minimum absolute atomic E-state index is 0.0302. The summed E-state index contributed by atoms with van der Waals surface area (Å²) in [6.07, 6.45) is 1.82. The van der Waals surface area contributed by atoms with E-state index in [2.05, 4.69) is 51.2 Å². The number of amides is 2. The summed E-state index contributed by atoms with van der Waals surface area (Å²) in [5, 5.41) is 12.1. The zero-order chi connectivity index (χ0) is 43.3. The predicted molar refractivity (Wildman–Crippen MR) is 221 cm³/mol. The first-order valence-electron chi connectivity index (χ1n) is 19.4. The van der Waals surface area contributed by atoms with Crippen LogP contribution in [0.15, 0.2) is 85.5 Å². The smallest absolute Gasteiger partial charge is 0.232 e. The fourth-order valence-electron chi connectivity index (χ4n) is 6.56. The third-order valence-corrected chi connectivity index (χ3v) is 10.1. The summed E-state index contributed by atoms with van der Waals surface area (Å²) >= 11 is 0. The van der Waals surface area contributed by atoms with Gasteiger partial charge in [-0.1, -0.05) is 18.2 Å².